The summed E-state index contributed by atoms with van der Waals surface area (Å²) in [4.78, 5) is 25.4. The number of ketones is 1. The van der Waals surface area contributed by atoms with Crippen molar-refractivity contribution >= 4 is 28.7 Å². The predicted octanol–water partition coefficient (Wildman–Crippen LogP) is 5.46. The SMILES string of the molecule is Cc1cc(OC(=O)c2cccc(F)c2)cc2c1C(=O)/C(=C/c1cn(C)c3ccccc13)O2. The van der Waals surface area contributed by atoms with Crippen LogP contribution in [-0.2, 0) is 7.05 Å². The molecule has 0 fully saturated rings. The minimum atomic E-state index is -0.695. The highest BCUT2D eigenvalue weighted by Gasteiger charge is 2.30. The van der Waals surface area contributed by atoms with Crippen molar-refractivity contribution in [3.63, 3.8) is 0 Å². The molecule has 1 aliphatic rings. The second kappa shape index (κ2) is 7.50. The number of benzene rings is 3. The van der Waals surface area contributed by atoms with Gasteiger partial charge in [-0.15, -0.1) is 0 Å². The quantitative estimate of drug-likeness (QED) is 0.247. The maximum Gasteiger partial charge on any atom is 0.343 e. The number of Topliss-reactive ketones (excluding diaryl/α,β-unsaturated/α-hetero) is 1. The minimum absolute atomic E-state index is 0.0942. The summed E-state index contributed by atoms with van der Waals surface area (Å²) < 4.78 is 26.6. The number of rotatable bonds is 3. The number of esters is 1. The predicted molar refractivity (Wildman–Crippen MR) is 118 cm³/mol. The monoisotopic (exact) mass is 427 g/mol. The standard InChI is InChI=1S/C26H18FNO4/c1-15-10-19(31-26(30)16-6-5-7-18(27)11-16)13-22-24(15)25(29)23(32-22)12-17-14-28(2)21-9-4-3-8-20(17)21/h3-14H,1-2H3/b23-12-. The van der Waals surface area contributed by atoms with Crippen molar-refractivity contribution in [2.24, 2.45) is 7.05 Å². The van der Waals surface area contributed by atoms with E-state index in [-0.39, 0.29) is 22.9 Å². The van der Waals surface area contributed by atoms with Crippen LogP contribution in [0.4, 0.5) is 4.39 Å². The molecule has 0 amide bonds. The number of nitrogens with zero attached hydrogens (tertiary/aromatic N) is 1. The van der Waals surface area contributed by atoms with Gasteiger partial charge in [0.2, 0.25) is 5.78 Å². The van der Waals surface area contributed by atoms with E-state index >= 15 is 0 Å². The maximum absolute atomic E-state index is 13.4. The Bertz CT molecular complexity index is 1450. The van der Waals surface area contributed by atoms with Gasteiger partial charge in [0.15, 0.2) is 5.76 Å². The molecule has 0 bridgehead atoms. The average Bonchev–Trinajstić information content (AvgIpc) is 3.25. The first-order valence-corrected chi connectivity index (χ1v) is 10.0. The summed E-state index contributed by atoms with van der Waals surface area (Å²) in [7, 11) is 1.94. The highest BCUT2D eigenvalue weighted by atomic mass is 19.1. The summed E-state index contributed by atoms with van der Waals surface area (Å²) in [6, 6.07) is 16.3. The number of halogens is 1. The van der Waals surface area contributed by atoms with Crippen LogP contribution in [0.5, 0.6) is 11.5 Å². The van der Waals surface area contributed by atoms with Gasteiger partial charge >= 0.3 is 5.97 Å². The molecule has 0 radical (unpaired) electrons. The van der Waals surface area contributed by atoms with Crippen LogP contribution in [0.2, 0.25) is 0 Å². The van der Waals surface area contributed by atoms with Crippen molar-refractivity contribution in [2.45, 2.75) is 6.92 Å². The molecule has 5 nitrogen and oxygen atoms in total. The molecule has 2 heterocycles. The number of para-hydroxylation sites is 1. The molecular weight excluding hydrogens is 409 g/mol. The first kappa shape index (κ1) is 19.8. The molecule has 5 rings (SSSR count). The van der Waals surface area contributed by atoms with Crippen LogP contribution in [0.25, 0.3) is 17.0 Å². The number of aryl methyl sites for hydroxylation is 2. The number of carbonyl (C=O) groups is 2. The highest BCUT2D eigenvalue weighted by Crippen LogP contribution is 2.38. The molecular formula is C26H18FNO4. The van der Waals surface area contributed by atoms with Gasteiger partial charge in [0.05, 0.1) is 11.1 Å². The Kier molecular flexibility index (Phi) is 4.63. The zero-order chi connectivity index (χ0) is 22.4. The summed E-state index contributed by atoms with van der Waals surface area (Å²) in [6.45, 7) is 1.75. The number of aromatic nitrogens is 1. The van der Waals surface area contributed by atoms with Gasteiger partial charge in [-0.2, -0.15) is 0 Å². The molecule has 0 saturated carbocycles. The van der Waals surface area contributed by atoms with Crippen molar-refractivity contribution in [2.75, 3.05) is 0 Å². The van der Waals surface area contributed by atoms with Crippen molar-refractivity contribution in [1.29, 1.82) is 0 Å². The van der Waals surface area contributed by atoms with Gasteiger partial charge in [-0.1, -0.05) is 24.3 Å². The lowest BCUT2D eigenvalue weighted by Gasteiger charge is -2.08. The van der Waals surface area contributed by atoms with Crippen LogP contribution in [0, 0.1) is 12.7 Å². The van der Waals surface area contributed by atoms with E-state index in [4.69, 9.17) is 9.47 Å². The second-order valence-electron chi connectivity index (χ2n) is 7.67. The van der Waals surface area contributed by atoms with Crippen molar-refractivity contribution in [1.82, 2.24) is 4.57 Å². The molecule has 0 saturated heterocycles. The Hall–Kier alpha value is -4.19. The normalized spacial score (nSPS) is 14.0. The number of carbonyl (C=O) groups excluding carboxylic acids is 2. The molecule has 0 spiro atoms. The summed E-state index contributed by atoms with van der Waals surface area (Å²) in [6.07, 6.45) is 3.67. The Labute approximate surface area is 183 Å². The third kappa shape index (κ3) is 3.36. The van der Waals surface area contributed by atoms with Crippen LogP contribution < -0.4 is 9.47 Å². The van der Waals surface area contributed by atoms with Crippen LogP contribution in [0.15, 0.2) is 72.6 Å². The van der Waals surface area contributed by atoms with Crippen LogP contribution in [0.1, 0.15) is 31.8 Å². The van der Waals surface area contributed by atoms with E-state index in [1.165, 1.54) is 24.3 Å². The maximum atomic E-state index is 13.4. The Morgan fingerprint density at radius 3 is 2.72 bits per heavy atom. The smallest absolute Gasteiger partial charge is 0.343 e. The fourth-order valence-electron chi connectivity index (χ4n) is 3.95. The van der Waals surface area contributed by atoms with Crippen LogP contribution >= 0.6 is 0 Å². The largest absolute Gasteiger partial charge is 0.452 e. The lowest BCUT2D eigenvalue weighted by molar-refractivity contribution is 0.0734. The average molecular weight is 427 g/mol. The van der Waals surface area contributed by atoms with E-state index in [2.05, 4.69) is 0 Å². The molecule has 158 valence electrons. The van der Waals surface area contributed by atoms with Gasteiger partial charge in [0.25, 0.3) is 0 Å². The summed E-state index contributed by atoms with van der Waals surface area (Å²) in [5.74, 6) is -0.707. The van der Waals surface area contributed by atoms with E-state index in [9.17, 15) is 14.0 Å². The Morgan fingerprint density at radius 1 is 1.09 bits per heavy atom. The summed E-state index contributed by atoms with van der Waals surface area (Å²) in [5, 5.41) is 1.01. The van der Waals surface area contributed by atoms with Crippen molar-refractivity contribution < 1.29 is 23.5 Å². The van der Waals surface area contributed by atoms with Gasteiger partial charge in [0.1, 0.15) is 17.3 Å². The Morgan fingerprint density at radius 2 is 1.91 bits per heavy atom. The molecule has 1 aromatic heterocycles. The second-order valence-corrected chi connectivity index (χ2v) is 7.67. The van der Waals surface area contributed by atoms with Gasteiger partial charge in [-0.25, -0.2) is 9.18 Å². The molecule has 1 aliphatic heterocycles. The molecule has 32 heavy (non-hydrogen) atoms. The molecule has 6 heteroatoms. The summed E-state index contributed by atoms with van der Waals surface area (Å²) in [5.41, 5.74) is 3.06. The Balaban J connectivity index is 1.46. The first-order valence-electron chi connectivity index (χ1n) is 10.0. The topological polar surface area (TPSA) is 57.5 Å². The zero-order valence-corrected chi connectivity index (χ0v) is 17.4. The number of allylic oxidation sites excluding steroid dienone is 1. The van der Waals surface area contributed by atoms with Gasteiger partial charge < -0.3 is 14.0 Å². The third-order valence-electron chi connectivity index (χ3n) is 5.43. The molecule has 3 aromatic carbocycles. The van der Waals surface area contributed by atoms with Crippen molar-refractivity contribution in [3.05, 3.63) is 101 Å². The molecule has 0 atom stereocenters. The van der Waals surface area contributed by atoms with Gasteiger partial charge in [-0.05, 0) is 48.9 Å². The number of ether oxygens (including phenoxy) is 2. The lowest BCUT2D eigenvalue weighted by atomic mass is 10.0. The third-order valence-corrected chi connectivity index (χ3v) is 5.43. The van der Waals surface area contributed by atoms with Crippen LogP contribution in [-0.4, -0.2) is 16.3 Å². The fraction of sp³-hybridized carbons (Fsp3) is 0.0769. The number of fused-ring (bicyclic) bond motifs is 2. The molecule has 0 unspecified atom stereocenters. The van der Waals surface area contributed by atoms with Crippen molar-refractivity contribution in [3.8, 4) is 11.5 Å². The highest BCUT2D eigenvalue weighted by molar-refractivity contribution is 6.16. The van der Waals surface area contributed by atoms with Gasteiger partial charge in [0, 0.05) is 35.8 Å². The van der Waals surface area contributed by atoms with Gasteiger partial charge in [-0.3, -0.25) is 4.79 Å². The zero-order valence-electron chi connectivity index (χ0n) is 17.4. The minimum Gasteiger partial charge on any atom is -0.452 e. The number of hydrogen-bond donors (Lipinski definition) is 0. The summed E-state index contributed by atoms with van der Waals surface area (Å²) >= 11 is 0. The molecule has 4 aromatic rings. The van der Waals surface area contributed by atoms with E-state index in [1.54, 1.807) is 19.1 Å². The number of hydrogen-bond acceptors (Lipinski definition) is 4. The van der Waals surface area contributed by atoms with E-state index < -0.39 is 11.8 Å². The van der Waals surface area contributed by atoms with Crippen LogP contribution in [0.3, 0.4) is 0 Å². The van der Waals surface area contributed by atoms with E-state index in [0.29, 0.717) is 16.9 Å². The molecule has 0 aliphatic carbocycles. The first-order chi connectivity index (χ1) is 15.4. The van der Waals surface area contributed by atoms with E-state index in [0.717, 1.165) is 22.5 Å². The van der Waals surface area contributed by atoms with E-state index in [1.807, 2.05) is 42.1 Å². The molecule has 0 N–H and O–H groups in total. The lowest BCUT2D eigenvalue weighted by Crippen LogP contribution is -2.09. The fourth-order valence-corrected chi connectivity index (χ4v) is 3.95.